The molecule has 1 aromatic heterocycles. The fraction of sp³-hybridized carbons (Fsp3) is 0.296. The highest BCUT2D eigenvalue weighted by Gasteiger charge is 2.27. The third kappa shape index (κ3) is 7.70. The van der Waals surface area contributed by atoms with Crippen molar-refractivity contribution in [1.29, 1.82) is 0 Å². The first-order valence-electron chi connectivity index (χ1n) is 12.2. The predicted octanol–water partition coefficient (Wildman–Crippen LogP) is 3.37. The van der Waals surface area contributed by atoms with Crippen LogP contribution in [-0.2, 0) is 17.8 Å². The summed E-state index contributed by atoms with van der Waals surface area (Å²) in [6.45, 7) is 2.16. The van der Waals surface area contributed by atoms with Crippen LogP contribution in [0, 0.1) is 0 Å². The Kier molecular flexibility index (Phi) is 8.82. The highest BCUT2D eigenvalue weighted by atomic mass is 32.1. The lowest BCUT2D eigenvalue weighted by molar-refractivity contribution is -0.124. The second-order valence-corrected chi connectivity index (χ2v) is 10.3. The van der Waals surface area contributed by atoms with E-state index in [1.807, 2.05) is 6.07 Å². The van der Waals surface area contributed by atoms with Crippen LogP contribution >= 0.6 is 11.3 Å². The highest BCUT2D eigenvalue weighted by molar-refractivity contribution is 7.18. The molecule has 3 aromatic rings. The number of nitrogens with one attached hydrogen (secondary N) is 3. The number of carboxylic acid groups (broad SMARTS) is 1. The summed E-state index contributed by atoms with van der Waals surface area (Å²) in [5.74, 6) is -1.11. The topological polar surface area (TPSA) is 151 Å². The number of hydrogen-bond acceptors (Lipinski definition) is 7. The molecule has 2 atom stereocenters. The number of anilines is 1. The molecule has 38 heavy (non-hydrogen) atoms. The van der Waals surface area contributed by atoms with Crippen molar-refractivity contribution in [2.24, 2.45) is 0 Å². The molecule has 1 aliphatic rings. The number of nitrogens with zero attached hydrogens (tertiary/aromatic N) is 1. The van der Waals surface area contributed by atoms with E-state index in [0.717, 1.165) is 41.9 Å². The molecular weight excluding hydrogens is 508 g/mol. The number of urea groups is 1. The van der Waals surface area contributed by atoms with Gasteiger partial charge in [-0.2, -0.15) is 0 Å². The fourth-order valence-electron chi connectivity index (χ4n) is 4.43. The van der Waals surface area contributed by atoms with Gasteiger partial charge in [-0.1, -0.05) is 24.3 Å². The Bertz CT molecular complexity index is 1280. The van der Waals surface area contributed by atoms with Crippen LogP contribution in [0.5, 0.6) is 11.5 Å². The molecule has 2 aromatic carbocycles. The summed E-state index contributed by atoms with van der Waals surface area (Å²) in [6.07, 6.45) is 1.89. The van der Waals surface area contributed by atoms with Gasteiger partial charge < -0.3 is 26.0 Å². The monoisotopic (exact) mass is 538 g/mol. The van der Waals surface area contributed by atoms with Crippen LogP contribution in [0.25, 0.3) is 0 Å². The molecule has 0 aliphatic carbocycles. The molecule has 3 amide bonds. The molecule has 0 bridgehead atoms. The van der Waals surface area contributed by atoms with Crippen molar-refractivity contribution in [2.75, 3.05) is 18.4 Å². The summed E-state index contributed by atoms with van der Waals surface area (Å²) in [6, 6.07) is 14.8. The van der Waals surface area contributed by atoms with E-state index in [9.17, 15) is 24.6 Å². The molecular formula is C27H30N4O6S. The Balaban J connectivity index is 1.40. The molecule has 2 heterocycles. The van der Waals surface area contributed by atoms with Gasteiger partial charge in [0.2, 0.25) is 5.91 Å². The summed E-state index contributed by atoms with van der Waals surface area (Å²) in [7, 11) is 0. The Morgan fingerprint density at radius 2 is 1.79 bits per heavy atom. The highest BCUT2D eigenvalue weighted by Crippen LogP contribution is 2.22. The van der Waals surface area contributed by atoms with E-state index in [-0.39, 0.29) is 34.7 Å². The zero-order valence-electron chi connectivity index (χ0n) is 20.6. The minimum absolute atomic E-state index is 0.0891. The normalized spacial score (nSPS) is 16.4. The van der Waals surface area contributed by atoms with Crippen molar-refractivity contribution >= 4 is 34.2 Å². The quantitative estimate of drug-likeness (QED) is 0.244. The fourth-order valence-corrected chi connectivity index (χ4v) is 5.18. The van der Waals surface area contributed by atoms with Gasteiger partial charge in [0.05, 0.1) is 5.00 Å². The number of aromatic hydroxyl groups is 2. The summed E-state index contributed by atoms with van der Waals surface area (Å²) >= 11 is 0.920. The van der Waals surface area contributed by atoms with Crippen molar-refractivity contribution in [3.8, 4) is 11.5 Å². The van der Waals surface area contributed by atoms with E-state index in [4.69, 9.17) is 5.11 Å². The van der Waals surface area contributed by atoms with Crippen LogP contribution in [0.15, 0.2) is 60.7 Å². The summed E-state index contributed by atoms with van der Waals surface area (Å²) < 4.78 is 0. The van der Waals surface area contributed by atoms with Crippen molar-refractivity contribution < 1.29 is 29.7 Å². The zero-order chi connectivity index (χ0) is 27.1. The number of thiophene rings is 1. The van der Waals surface area contributed by atoms with Gasteiger partial charge in [0.25, 0.3) is 0 Å². The molecule has 11 heteroatoms. The second kappa shape index (κ2) is 12.4. The number of amides is 3. The van der Waals surface area contributed by atoms with Crippen LogP contribution in [0.4, 0.5) is 9.80 Å². The number of rotatable bonds is 9. The number of carbonyl (C=O) groups excluding carboxylic acids is 2. The number of hydrogen-bond donors (Lipinski definition) is 6. The van der Waals surface area contributed by atoms with Gasteiger partial charge in [-0.3, -0.25) is 15.0 Å². The Hall–Kier alpha value is -4.09. The number of carboxylic acids is 1. The summed E-state index contributed by atoms with van der Waals surface area (Å²) in [4.78, 5) is 39.5. The van der Waals surface area contributed by atoms with Crippen molar-refractivity contribution in [3.05, 3.63) is 76.7 Å². The van der Waals surface area contributed by atoms with E-state index in [2.05, 4.69) is 20.9 Å². The van der Waals surface area contributed by atoms with E-state index in [1.165, 1.54) is 24.3 Å². The van der Waals surface area contributed by atoms with Gasteiger partial charge in [-0.25, -0.2) is 9.59 Å². The molecule has 0 spiro atoms. The first-order valence-corrected chi connectivity index (χ1v) is 13.1. The number of phenols is 2. The molecule has 0 radical (unpaired) electrons. The SMILES string of the molecule is O=C(Nc1ccc(C(=O)O)s1)N[C@@H](Cc1ccc(O)cc1)C(=O)N[C@H]1CCCN(Cc2cccc(O)c2)C1. The number of likely N-dealkylation sites (tertiary alicyclic amines) is 1. The molecule has 6 N–H and O–H groups in total. The van der Waals surface area contributed by atoms with Crippen molar-refractivity contribution in [3.63, 3.8) is 0 Å². The number of carbonyl (C=O) groups is 3. The Morgan fingerprint density at radius 3 is 2.50 bits per heavy atom. The maximum Gasteiger partial charge on any atom is 0.345 e. The standard InChI is InChI=1S/C27H30N4O6S/c32-20-8-6-17(7-9-20)14-22(29-27(37)30-24-11-10-23(38-24)26(35)36)25(34)28-19-4-2-12-31(16-19)15-18-3-1-5-21(33)13-18/h1,3,5-11,13,19,22,32-33H,2,4,12,14-16H2,(H,28,34)(H,35,36)(H2,29,30,37)/t19-,22-/m0/s1. The maximum absolute atomic E-state index is 13.3. The third-order valence-corrected chi connectivity index (χ3v) is 7.21. The van der Waals surface area contributed by atoms with E-state index in [0.29, 0.717) is 18.1 Å². The average molecular weight is 539 g/mol. The first-order chi connectivity index (χ1) is 18.2. The number of aromatic carboxylic acids is 1. The molecule has 0 unspecified atom stereocenters. The maximum atomic E-state index is 13.3. The number of benzene rings is 2. The first kappa shape index (κ1) is 27.0. The molecule has 4 rings (SSSR count). The molecule has 10 nitrogen and oxygen atoms in total. The lowest BCUT2D eigenvalue weighted by atomic mass is 10.0. The lowest BCUT2D eigenvalue weighted by Crippen LogP contribution is -2.54. The Morgan fingerprint density at radius 1 is 1.00 bits per heavy atom. The minimum atomic E-state index is -1.08. The second-order valence-electron chi connectivity index (χ2n) is 9.24. The van der Waals surface area contributed by atoms with Crippen LogP contribution < -0.4 is 16.0 Å². The van der Waals surface area contributed by atoms with Crippen molar-refractivity contribution in [2.45, 2.75) is 37.9 Å². The van der Waals surface area contributed by atoms with Crippen LogP contribution in [0.1, 0.15) is 33.6 Å². The molecule has 200 valence electrons. The van der Waals surface area contributed by atoms with Crippen LogP contribution in [0.3, 0.4) is 0 Å². The van der Waals surface area contributed by atoms with Gasteiger partial charge in [-0.15, -0.1) is 11.3 Å². The van der Waals surface area contributed by atoms with Gasteiger partial charge in [0.15, 0.2) is 0 Å². The van der Waals surface area contributed by atoms with Gasteiger partial charge in [0.1, 0.15) is 22.4 Å². The Labute approximate surface area is 223 Å². The largest absolute Gasteiger partial charge is 0.508 e. The summed E-state index contributed by atoms with van der Waals surface area (Å²) in [5.41, 5.74) is 1.74. The molecule has 1 saturated heterocycles. The van der Waals surface area contributed by atoms with Gasteiger partial charge in [0, 0.05) is 25.6 Å². The lowest BCUT2D eigenvalue weighted by Gasteiger charge is -2.34. The number of piperidine rings is 1. The molecule has 1 aliphatic heterocycles. The smallest absolute Gasteiger partial charge is 0.345 e. The molecule has 0 saturated carbocycles. The number of phenolic OH excluding ortho intramolecular Hbond substituents is 2. The van der Waals surface area contributed by atoms with Gasteiger partial charge in [-0.05, 0) is 66.9 Å². The third-order valence-electron chi connectivity index (χ3n) is 6.22. The minimum Gasteiger partial charge on any atom is -0.508 e. The van der Waals surface area contributed by atoms with Crippen LogP contribution in [0.2, 0.25) is 0 Å². The van der Waals surface area contributed by atoms with E-state index >= 15 is 0 Å². The van der Waals surface area contributed by atoms with E-state index < -0.39 is 18.0 Å². The predicted molar refractivity (Wildman–Crippen MR) is 144 cm³/mol. The van der Waals surface area contributed by atoms with Crippen LogP contribution in [-0.4, -0.2) is 63.3 Å². The van der Waals surface area contributed by atoms with Crippen molar-refractivity contribution in [1.82, 2.24) is 15.5 Å². The van der Waals surface area contributed by atoms with E-state index in [1.54, 1.807) is 30.3 Å². The average Bonchev–Trinajstić information content (AvgIpc) is 3.34. The molecule has 1 fully saturated rings. The zero-order valence-corrected chi connectivity index (χ0v) is 21.4. The van der Waals surface area contributed by atoms with Gasteiger partial charge >= 0.3 is 12.0 Å². The summed E-state index contributed by atoms with van der Waals surface area (Å²) in [5, 5.41) is 37.2.